The molecule has 1 amide bonds. The van der Waals surface area contributed by atoms with Gasteiger partial charge in [-0.05, 0) is 61.4 Å². The maximum atomic E-state index is 12.3. The summed E-state index contributed by atoms with van der Waals surface area (Å²) in [6, 6.07) is 10.5. The molecule has 2 rings (SSSR count). The van der Waals surface area contributed by atoms with Crippen LogP contribution in [0.25, 0.3) is 0 Å². The van der Waals surface area contributed by atoms with E-state index in [1.165, 1.54) is 6.92 Å². The van der Waals surface area contributed by atoms with E-state index in [4.69, 9.17) is 9.47 Å². The van der Waals surface area contributed by atoms with Crippen LogP contribution < -0.4 is 14.8 Å². The van der Waals surface area contributed by atoms with Gasteiger partial charge in [-0.3, -0.25) is 9.59 Å². The number of hydrogen-bond donors (Lipinski definition) is 1. The van der Waals surface area contributed by atoms with Crippen LogP contribution in [0.5, 0.6) is 11.5 Å². The quantitative estimate of drug-likeness (QED) is 0.826. The first-order chi connectivity index (χ1) is 11.4. The molecule has 2 aromatic carbocycles. The van der Waals surface area contributed by atoms with Gasteiger partial charge in [-0.2, -0.15) is 0 Å². The molecule has 24 heavy (non-hydrogen) atoms. The summed E-state index contributed by atoms with van der Waals surface area (Å²) in [7, 11) is 3.14. The number of Topliss-reactive ketones (excluding diaryl/α,β-unsaturated/α-hetero) is 1. The zero-order valence-electron chi connectivity index (χ0n) is 14.3. The average molecular weight is 327 g/mol. The van der Waals surface area contributed by atoms with Crippen molar-refractivity contribution in [1.29, 1.82) is 0 Å². The fraction of sp³-hybridized carbons (Fsp3) is 0.263. The number of methoxy groups -OCH3 is 2. The Bertz CT molecular complexity index is 751. The van der Waals surface area contributed by atoms with E-state index in [2.05, 4.69) is 5.32 Å². The van der Waals surface area contributed by atoms with Crippen molar-refractivity contribution in [2.75, 3.05) is 19.5 Å². The zero-order valence-corrected chi connectivity index (χ0v) is 14.3. The van der Waals surface area contributed by atoms with Crippen molar-refractivity contribution in [2.45, 2.75) is 20.3 Å². The lowest BCUT2D eigenvalue weighted by molar-refractivity contribution is -0.115. The Balaban J connectivity index is 2.10. The summed E-state index contributed by atoms with van der Waals surface area (Å²) < 4.78 is 10.5. The minimum Gasteiger partial charge on any atom is -0.493 e. The third kappa shape index (κ3) is 4.13. The Morgan fingerprint density at radius 3 is 2.12 bits per heavy atom. The van der Waals surface area contributed by atoms with E-state index in [1.54, 1.807) is 38.5 Å². The lowest BCUT2D eigenvalue weighted by Gasteiger charge is -2.13. The topological polar surface area (TPSA) is 64.6 Å². The number of carbonyl (C=O) groups excluding carboxylic acids is 2. The second-order valence-electron chi connectivity index (χ2n) is 5.49. The van der Waals surface area contributed by atoms with Crippen molar-refractivity contribution >= 4 is 17.4 Å². The van der Waals surface area contributed by atoms with E-state index in [9.17, 15) is 9.59 Å². The zero-order chi connectivity index (χ0) is 17.7. The monoisotopic (exact) mass is 327 g/mol. The van der Waals surface area contributed by atoms with Crippen LogP contribution in [0.2, 0.25) is 0 Å². The number of hydrogen-bond acceptors (Lipinski definition) is 4. The molecule has 0 aromatic heterocycles. The maximum absolute atomic E-state index is 12.3. The van der Waals surface area contributed by atoms with Crippen LogP contribution in [0.3, 0.4) is 0 Å². The van der Waals surface area contributed by atoms with Gasteiger partial charge in [-0.15, -0.1) is 0 Å². The molecule has 5 nitrogen and oxygen atoms in total. The fourth-order valence-corrected chi connectivity index (χ4v) is 2.38. The highest BCUT2D eigenvalue weighted by Crippen LogP contribution is 2.30. The van der Waals surface area contributed by atoms with E-state index in [1.807, 2.05) is 19.1 Å². The van der Waals surface area contributed by atoms with Crippen molar-refractivity contribution in [2.24, 2.45) is 0 Å². The van der Waals surface area contributed by atoms with Gasteiger partial charge in [0.2, 0.25) is 5.91 Å². The Morgan fingerprint density at radius 1 is 1.00 bits per heavy atom. The van der Waals surface area contributed by atoms with E-state index in [0.29, 0.717) is 22.7 Å². The fourth-order valence-electron chi connectivity index (χ4n) is 2.38. The van der Waals surface area contributed by atoms with Gasteiger partial charge in [0.1, 0.15) is 0 Å². The second kappa shape index (κ2) is 7.64. The van der Waals surface area contributed by atoms with Gasteiger partial charge in [0, 0.05) is 11.3 Å². The van der Waals surface area contributed by atoms with Crippen LogP contribution in [0.15, 0.2) is 36.4 Å². The molecule has 2 aromatic rings. The number of ether oxygens (including phenoxy) is 2. The van der Waals surface area contributed by atoms with Gasteiger partial charge in [0.25, 0.3) is 0 Å². The van der Waals surface area contributed by atoms with Crippen LogP contribution in [0.1, 0.15) is 28.4 Å². The van der Waals surface area contributed by atoms with Gasteiger partial charge in [-0.25, -0.2) is 0 Å². The van der Waals surface area contributed by atoms with Crippen LogP contribution in [-0.4, -0.2) is 25.9 Å². The standard InChI is InChI=1S/C19H21NO4/c1-12-9-17(23-3)18(24-4)10-15(12)11-19(22)20-16-7-5-14(6-8-16)13(2)21/h5-10H,11H2,1-4H3,(H,20,22). The van der Waals surface area contributed by atoms with Crippen LogP contribution in [0, 0.1) is 6.92 Å². The minimum atomic E-state index is -0.138. The summed E-state index contributed by atoms with van der Waals surface area (Å²) in [5.41, 5.74) is 3.09. The highest BCUT2D eigenvalue weighted by molar-refractivity contribution is 5.96. The Morgan fingerprint density at radius 2 is 1.58 bits per heavy atom. The number of rotatable bonds is 6. The lowest BCUT2D eigenvalue weighted by atomic mass is 10.0. The highest BCUT2D eigenvalue weighted by Gasteiger charge is 2.12. The van der Waals surface area contributed by atoms with Crippen molar-refractivity contribution in [3.05, 3.63) is 53.1 Å². The molecule has 1 N–H and O–H groups in total. The van der Waals surface area contributed by atoms with Gasteiger partial charge < -0.3 is 14.8 Å². The predicted octanol–water partition coefficient (Wildman–Crippen LogP) is 3.40. The second-order valence-corrected chi connectivity index (χ2v) is 5.49. The number of aryl methyl sites for hydroxylation is 1. The Hall–Kier alpha value is -2.82. The van der Waals surface area contributed by atoms with Crippen molar-refractivity contribution < 1.29 is 19.1 Å². The third-order valence-electron chi connectivity index (χ3n) is 3.77. The third-order valence-corrected chi connectivity index (χ3v) is 3.77. The summed E-state index contributed by atoms with van der Waals surface area (Å²) in [6.07, 6.45) is 0.223. The molecular weight excluding hydrogens is 306 g/mol. The molecule has 0 spiro atoms. The van der Waals surface area contributed by atoms with Gasteiger partial charge in [-0.1, -0.05) is 0 Å². The first-order valence-electron chi connectivity index (χ1n) is 7.57. The number of nitrogens with one attached hydrogen (secondary N) is 1. The molecule has 0 aliphatic carbocycles. The molecule has 0 unspecified atom stereocenters. The SMILES string of the molecule is COc1cc(C)c(CC(=O)Nc2ccc(C(C)=O)cc2)cc1OC. The number of benzene rings is 2. The van der Waals surface area contributed by atoms with E-state index in [-0.39, 0.29) is 18.1 Å². The predicted molar refractivity (Wildman–Crippen MR) is 93.1 cm³/mol. The molecule has 5 heteroatoms. The van der Waals surface area contributed by atoms with E-state index < -0.39 is 0 Å². The molecular formula is C19H21NO4. The molecule has 0 heterocycles. The van der Waals surface area contributed by atoms with Gasteiger partial charge in [0.05, 0.1) is 20.6 Å². The number of amides is 1. The Kier molecular flexibility index (Phi) is 5.58. The normalized spacial score (nSPS) is 10.2. The molecule has 0 aliphatic rings. The molecule has 0 saturated heterocycles. The summed E-state index contributed by atoms with van der Waals surface area (Å²) in [5.74, 6) is 1.09. The molecule has 0 aliphatic heterocycles. The van der Waals surface area contributed by atoms with Crippen molar-refractivity contribution in [1.82, 2.24) is 0 Å². The van der Waals surface area contributed by atoms with Crippen LogP contribution in [-0.2, 0) is 11.2 Å². The average Bonchev–Trinajstić information content (AvgIpc) is 2.56. The smallest absolute Gasteiger partial charge is 0.228 e. The highest BCUT2D eigenvalue weighted by atomic mass is 16.5. The minimum absolute atomic E-state index is 0.00571. The number of ketones is 1. The largest absolute Gasteiger partial charge is 0.493 e. The number of anilines is 1. The van der Waals surface area contributed by atoms with E-state index >= 15 is 0 Å². The Labute approximate surface area is 141 Å². The van der Waals surface area contributed by atoms with E-state index in [0.717, 1.165) is 11.1 Å². The molecule has 0 radical (unpaired) electrons. The summed E-state index contributed by atoms with van der Waals surface area (Å²) in [4.78, 5) is 23.5. The lowest BCUT2D eigenvalue weighted by Crippen LogP contribution is -2.15. The first kappa shape index (κ1) is 17.5. The summed E-state index contributed by atoms with van der Waals surface area (Å²) in [5, 5.41) is 2.83. The van der Waals surface area contributed by atoms with Gasteiger partial charge >= 0.3 is 0 Å². The van der Waals surface area contributed by atoms with Crippen LogP contribution in [0.4, 0.5) is 5.69 Å². The molecule has 0 saturated carbocycles. The molecule has 126 valence electrons. The summed E-state index contributed by atoms with van der Waals surface area (Å²) in [6.45, 7) is 3.43. The molecule has 0 bridgehead atoms. The van der Waals surface area contributed by atoms with Gasteiger partial charge in [0.15, 0.2) is 17.3 Å². The molecule has 0 fully saturated rings. The van der Waals surface area contributed by atoms with Crippen molar-refractivity contribution in [3.63, 3.8) is 0 Å². The number of carbonyl (C=O) groups is 2. The first-order valence-corrected chi connectivity index (χ1v) is 7.57. The van der Waals surface area contributed by atoms with Crippen LogP contribution >= 0.6 is 0 Å². The maximum Gasteiger partial charge on any atom is 0.228 e. The molecule has 0 atom stereocenters. The summed E-state index contributed by atoms with van der Waals surface area (Å²) >= 11 is 0. The van der Waals surface area contributed by atoms with Crippen molar-refractivity contribution in [3.8, 4) is 11.5 Å².